The lowest BCUT2D eigenvalue weighted by molar-refractivity contribution is 0.167. The molecule has 1 aliphatic heterocycles. The molecular formula is C20H29N3O2. The molecule has 3 atom stereocenters. The van der Waals surface area contributed by atoms with Crippen LogP contribution >= 0.6 is 0 Å². The highest BCUT2D eigenvalue weighted by molar-refractivity contribution is 5.75. The number of hydrogen-bond donors (Lipinski definition) is 2. The molecule has 5 heteroatoms. The van der Waals surface area contributed by atoms with Crippen LogP contribution in [-0.4, -0.2) is 59.3 Å². The second-order valence-corrected chi connectivity index (χ2v) is 7.89. The quantitative estimate of drug-likeness (QED) is 0.831. The Morgan fingerprint density at radius 3 is 2.68 bits per heavy atom. The molecule has 25 heavy (non-hydrogen) atoms. The summed E-state index contributed by atoms with van der Waals surface area (Å²) < 4.78 is 0. The molecule has 0 bridgehead atoms. The third-order valence-electron chi connectivity index (χ3n) is 6.08. The topological polar surface area (TPSA) is 55.8 Å². The van der Waals surface area contributed by atoms with Crippen LogP contribution in [0.25, 0.3) is 0 Å². The lowest BCUT2D eigenvalue weighted by Crippen LogP contribution is -2.48. The molecule has 1 heterocycles. The third kappa shape index (κ3) is 3.82. The predicted molar refractivity (Wildman–Crippen MR) is 97.1 cm³/mol. The zero-order valence-corrected chi connectivity index (χ0v) is 14.8. The summed E-state index contributed by atoms with van der Waals surface area (Å²) in [5.41, 5.74) is 1.37. The smallest absolute Gasteiger partial charge is 0.317 e. The van der Waals surface area contributed by atoms with Gasteiger partial charge in [0.15, 0.2) is 0 Å². The first-order chi connectivity index (χ1) is 12.2. The summed E-state index contributed by atoms with van der Waals surface area (Å²) in [4.78, 5) is 17.0. The van der Waals surface area contributed by atoms with Gasteiger partial charge in [0.1, 0.15) is 0 Å². The van der Waals surface area contributed by atoms with E-state index in [4.69, 9.17) is 0 Å². The molecule has 3 aliphatic rings. The molecule has 5 nitrogen and oxygen atoms in total. The van der Waals surface area contributed by atoms with Gasteiger partial charge in [0.05, 0.1) is 6.61 Å². The Kier molecular flexibility index (Phi) is 4.95. The lowest BCUT2D eigenvalue weighted by Gasteiger charge is -2.27. The summed E-state index contributed by atoms with van der Waals surface area (Å²) in [6, 6.07) is 11.3. The summed E-state index contributed by atoms with van der Waals surface area (Å²) in [5.74, 6) is 1.28. The van der Waals surface area contributed by atoms with E-state index in [1.54, 1.807) is 0 Å². The van der Waals surface area contributed by atoms with Gasteiger partial charge < -0.3 is 15.3 Å². The zero-order chi connectivity index (χ0) is 17.2. The van der Waals surface area contributed by atoms with Gasteiger partial charge >= 0.3 is 6.03 Å². The number of aliphatic hydroxyl groups excluding tert-OH is 1. The maximum atomic E-state index is 12.6. The number of hydrogen-bond acceptors (Lipinski definition) is 3. The zero-order valence-electron chi connectivity index (χ0n) is 14.8. The Balaban J connectivity index is 1.33. The summed E-state index contributed by atoms with van der Waals surface area (Å²) in [7, 11) is 0. The first kappa shape index (κ1) is 16.9. The van der Waals surface area contributed by atoms with E-state index in [0.29, 0.717) is 30.5 Å². The minimum Gasteiger partial charge on any atom is -0.395 e. The molecule has 136 valence electrons. The van der Waals surface area contributed by atoms with Crippen LogP contribution in [0.15, 0.2) is 30.3 Å². The average Bonchev–Trinajstić information content (AvgIpc) is 3.28. The number of rotatable bonds is 6. The molecule has 0 radical (unpaired) electrons. The number of carbonyl (C=O) groups excluding carboxylic acids is 1. The van der Waals surface area contributed by atoms with Crippen molar-refractivity contribution in [3.05, 3.63) is 35.9 Å². The maximum absolute atomic E-state index is 12.6. The minimum absolute atomic E-state index is 0.0312. The number of aliphatic hydroxyl groups is 1. The summed E-state index contributed by atoms with van der Waals surface area (Å²) in [6.07, 6.45) is 4.46. The molecule has 3 fully saturated rings. The van der Waals surface area contributed by atoms with E-state index < -0.39 is 0 Å². The van der Waals surface area contributed by atoms with Gasteiger partial charge in [-0.05, 0) is 43.1 Å². The molecule has 1 aromatic carbocycles. The van der Waals surface area contributed by atoms with Crippen LogP contribution in [0, 0.1) is 11.8 Å². The average molecular weight is 343 g/mol. The van der Waals surface area contributed by atoms with E-state index in [1.165, 1.54) is 12.0 Å². The van der Waals surface area contributed by atoms with Crippen LogP contribution in [-0.2, 0) is 6.54 Å². The fourth-order valence-corrected chi connectivity index (χ4v) is 4.69. The van der Waals surface area contributed by atoms with Gasteiger partial charge in [-0.2, -0.15) is 0 Å². The Morgan fingerprint density at radius 1 is 1.16 bits per heavy atom. The Labute approximate surface area is 150 Å². The maximum Gasteiger partial charge on any atom is 0.317 e. The SMILES string of the molecule is O=C(N[C@@H]1CC[C@H]2CN(Cc3ccccc3)C[C@@H]21)N(CCO)C1CC1. The predicted octanol–water partition coefficient (Wildman–Crippen LogP) is 2.06. The van der Waals surface area contributed by atoms with Gasteiger partial charge in [0.25, 0.3) is 0 Å². The van der Waals surface area contributed by atoms with Crippen LogP contribution in [0.1, 0.15) is 31.2 Å². The molecule has 2 amide bonds. The van der Waals surface area contributed by atoms with E-state index in [0.717, 1.165) is 38.9 Å². The summed E-state index contributed by atoms with van der Waals surface area (Å²) in [6.45, 7) is 3.74. The number of urea groups is 1. The van der Waals surface area contributed by atoms with Gasteiger partial charge in [-0.15, -0.1) is 0 Å². The van der Waals surface area contributed by atoms with Gasteiger partial charge in [-0.25, -0.2) is 4.79 Å². The number of carbonyl (C=O) groups is 1. The van der Waals surface area contributed by atoms with E-state index in [9.17, 15) is 9.90 Å². The van der Waals surface area contributed by atoms with Crippen molar-refractivity contribution >= 4 is 6.03 Å². The summed E-state index contributed by atoms with van der Waals surface area (Å²) in [5, 5.41) is 12.5. The highest BCUT2D eigenvalue weighted by Gasteiger charge is 2.44. The molecule has 1 aromatic rings. The second-order valence-electron chi connectivity index (χ2n) is 7.89. The van der Waals surface area contributed by atoms with Crippen molar-refractivity contribution in [3.63, 3.8) is 0 Å². The number of nitrogens with zero attached hydrogens (tertiary/aromatic N) is 2. The van der Waals surface area contributed by atoms with Crippen LogP contribution < -0.4 is 5.32 Å². The lowest BCUT2D eigenvalue weighted by atomic mass is 9.98. The van der Waals surface area contributed by atoms with Gasteiger partial charge in [-0.3, -0.25) is 4.90 Å². The number of fused-ring (bicyclic) bond motifs is 1. The van der Waals surface area contributed by atoms with Gasteiger partial charge in [0.2, 0.25) is 0 Å². The molecule has 2 aliphatic carbocycles. The number of likely N-dealkylation sites (tertiary alicyclic amines) is 1. The minimum atomic E-state index is 0.0312. The Bertz CT molecular complexity index is 590. The number of benzene rings is 1. The van der Waals surface area contributed by atoms with Crippen LogP contribution in [0.5, 0.6) is 0 Å². The molecule has 4 rings (SSSR count). The van der Waals surface area contributed by atoms with Crippen LogP contribution in [0.4, 0.5) is 4.79 Å². The monoisotopic (exact) mass is 343 g/mol. The van der Waals surface area contributed by atoms with Crippen molar-refractivity contribution in [2.24, 2.45) is 11.8 Å². The fourth-order valence-electron chi connectivity index (χ4n) is 4.69. The van der Waals surface area contributed by atoms with E-state index in [1.807, 2.05) is 4.90 Å². The fraction of sp³-hybridized carbons (Fsp3) is 0.650. The number of amides is 2. The van der Waals surface area contributed by atoms with Crippen molar-refractivity contribution in [2.75, 3.05) is 26.2 Å². The normalized spacial score (nSPS) is 28.8. The highest BCUT2D eigenvalue weighted by Crippen LogP contribution is 2.39. The van der Waals surface area contributed by atoms with Gasteiger partial charge in [-0.1, -0.05) is 30.3 Å². The first-order valence-electron chi connectivity index (χ1n) is 9.69. The molecular weight excluding hydrogens is 314 g/mol. The molecule has 2 saturated carbocycles. The van der Waals surface area contributed by atoms with Crippen molar-refractivity contribution in [1.82, 2.24) is 15.1 Å². The Morgan fingerprint density at radius 2 is 1.96 bits per heavy atom. The third-order valence-corrected chi connectivity index (χ3v) is 6.08. The van der Waals surface area contributed by atoms with Crippen LogP contribution in [0.3, 0.4) is 0 Å². The molecule has 1 saturated heterocycles. The second kappa shape index (κ2) is 7.34. The van der Waals surface area contributed by atoms with Crippen molar-refractivity contribution < 1.29 is 9.90 Å². The Hall–Kier alpha value is -1.59. The van der Waals surface area contributed by atoms with Crippen molar-refractivity contribution in [1.29, 1.82) is 0 Å². The standard InChI is InChI=1S/C20H29N3O2/c24-11-10-23(17-7-8-17)20(25)21-19-9-6-16-13-22(14-18(16)19)12-15-4-2-1-3-5-15/h1-5,16-19,24H,6-14H2,(H,21,25)/t16-,18-,19+/m0/s1. The van der Waals surface area contributed by atoms with E-state index in [2.05, 4.69) is 40.5 Å². The van der Waals surface area contributed by atoms with Crippen LogP contribution in [0.2, 0.25) is 0 Å². The summed E-state index contributed by atoms with van der Waals surface area (Å²) >= 11 is 0. The molecule has 2 N–H and O–H groups in total. The molecule has 0 spiro atoms. The largest absolute Gasteiger partial charge is 0.395 e. The first-order valence-corrected chi connectivity index (χ1v) is 9.69. The van der Waals surface area contributed by atoms with E-state index >= 15 is 0 Å². The highest BCUT2D eigenvalue weighted by atomic mass is 16.3. The van der Waals surface area contributed by atoms with Gasteiger partial charge in [0, 0.05) is 38.3 Å². The number of nitrogens with one attached hydrogen (secondary N) is 1. The van der Waals surface area contributed by atoms with E-state index in [-0.39, 0.29) is 12.6 Å². The molecule has 0 aromatic heterocycles. The molecule has 0 unspecified atom stereocenters. The van der Waals surface area contributed by atoms with Crippen molar-refractivity contribution in [2.45, 2.75) is 44.3 Å². The van der Waals surface area contributed by atoms with Crippen molar-refractivity contribution in [3.8, 4) is 0 Å².